The van der Waals surface area contributed by atoms with Crippen LogP contribution >= 0.6 is 11.6 Å². The second kappa shape index (κ2) is 6.62. The summed E-state index contributed by atoms with van der Waals surface area (Å²) in [7, 11) is 0. The predicted octanol–water partition coefficient (Wildman–Crippen LogP) is 6.33. The summed E-state index contributed by atoms with van der Waals surface area (Å²) >= 11 is 6.49. The second-order valence-electron chi connectivity index (χ2n) is 6.87. The Morgan fingerprint density at radius 1 is 0.885 bits per heavy atom. The number of benzene rings is 3. The number of hydrogen-bond acceptors (Lipinski definition) is 1. The van der Waals surface area contributed by atoms with Crippen LogP contribution < -0.4 is 0 Å². The van der Waals surface area contributed by atoms with Crippen molar-refractivity contribution in [2.75, 3.05) is 0 Å². The van der Waals surface area contributed by atoms with Gasteiger partial charge in [-0.3, -0.25) is 0 Å². The van der Waals surface area contributed by atoms with Gasteiger partial charge in [0.1, 0.15) is 5.82 Å². The topological polar surface area (TPSA) is 17.8 Å². The maximum atomic E-state index is 6.49. The lowest BCUT2D eigenvalue weighted by Gasteiger charge is -2.15. The van der Waals surface area contributed by atoms with Crippen LogP contribution in [-0.4, -0.2) is 9.55 Å². The van der Waals surface area contributed by atoms with E-state index in [4.69, 9.17) is 16.6 Å². The molecule has 26 heavy (non-hydrogen) atoms. The van der Waals surface area contributed by atoms with Gasteiger partial charge in [0.05, 0.1) is 22.6 Å². The summed E-state index contributed by atoms with van der Waals surface area (Å²) in [5.41, 5.74) is 8.34. The Hall–Kier alpha value is -2.58. The standard InChI is InChI=1S/C23H21ClN2/c1-15-12-16(2)19(17(3)13-15)14-26-22-11-7-6-10-21(22)25-23(26)18-8-4-5-9-20(18)24/h4-13H,14H2,1-3H3. The van der Waals surface area contributed by atoms with E-state index in [0.717, 1.165) is 34.0 Å². The predicted molar refractivity (Wildman–Crippen MR) is 110 cm³/mol. The Morgan fingerprint density at radius 3 is 2.27 bits per heavy atom. The van der Waals surface area contributed by atoms with Gasteiger partial charge in [-0.25, -0.2) is 4.98 Å². The molecule has 3 aromatic carbocycles. The SMILES string of the molecule is Cc1cc(C)c(Cn2c(-c3ccccc3Cl)nc3ccccc32)c(C)c1. The van der Waals surface area contributed by atoms with Crippen molar-refractivity contribution < 1.29 is 0 Å². The van der Waals surface area contributed by atoms with Crippen molar-refractivity contribution in [2.45, 2.75) is 27.3 Å². The number of aromatic nitrogens is 2. The van der Waals surface area contributed by atoms with Crippen LogP contribution in [0.15, 0.2) is 60.7 Å². The van der Waals surface area contributed by atoms with Gasteiger partial charge in [0.15, 0.2) is 0 Å². The van der Waals surface area contributed by atoms with Crippen molar-refractivity contribution in [2.24, 2.45) is 0 Å². The minimum atomic E-state index is 0.724. The molecule has 0 aliphatic carbocycles. The van der Waals surface area contributed by atoms with Crippen molar-refractivity contribution in [3.05, 3.63) is 87.9 Å². The molecule has 0 saturated carbocycles. The molecule has 0 atom stereocenters. The number of fused-ring (bicyclic) bond motifs is 1. The third-order valence-electron chi connectivity index (χ3n) is 4.93. The van der Waals surface area contributed by atoms with Crippen molar-refractivity contribution in [1.82, 2.24) is 9.55 Å². The average Bonchev–Trinajstić information content (AvgIpc) is 2.97. The monoisotopic (exact) mass is 360 g/mol. The number of aryl methyl sites for hydroxylation is 3. The third-order valence-corrected chi connectivity index (χ3v) is 5.26. The van der Waals surface area contributed by atoms with Crippen molar-refractivity contribution in [1.29, 1.82) is 0 Å². The molecule has 1 aromatic heterocycles. The Bertz CT molecular complexity index is 1090. The fraction of sp³-hybridized carbons (Fsp3) is 0.174. The lowest BCUT2D eigenvalue weighted by Crippen LogP contribution is -2.06. The normalized spacial score (nSPS) is 11.2. The zero-order valence-electron chi connectivity index (χ0n) is 15.3. The van der Waals surface area contributed by atoms with Gasteiger partial charge in [-0.2, -0.15) is 0 Å². The second-order valence-corrected chi connectivity index (χ2v) is 7.27. The van der Waals surface area contributed by atoms with E-state index in [1.54, 1.807) is 0 Å². The lowest BCUT2D eigenvalue weighted by molar-refractivity contribution is 0.821. The molecule has 130 valence electrons. The number of rotatable bonds is 3. The minimum Gasteiger partial charge on any atom is -0.319 e. The minimum absolute atomic E-state index is 0.724. The number of nitrogens with zero attached hydrogens (tertiary/aromatic N) is 2. The molecule has 0 spiro atoms. The average molecular weight is 361 g/mol. The van der Waals surface area contributed by atoms with Gasteiger partial charge in [-0.15, -0.1) is 0 Å². The zero-order chi connectivity index (χ0) is 18.3. The molecule has 0 bridgehead atoms. The molecule has 0 amide bonds. The molecule has 0 saturated heterocycles. The molecular formula is C23H21ClN2. The van der Waals surface area contributed by atoms with E-state index in [1.165, 1.54) is 22.3 Å². The maximum absolute atomic E-state index is 6.49. The highest BCUT2D eigenvalue weighted by molar-refractivity contribution is 6.33. The molecule has 1 heterocycles. The van der Waals surface area contributed by atoms with Crippen LogP contribution in [0.1, 0.15) is 22.3 Å². The quantitative estimate of drug-likeness (QED) is 0.417. The molecule has 0 N–H and O–H groups in total. The van der Waals surface area contributed by atoms with Gasteiger partial charge in [0, 0.05) is 5.56 Å². The van der Waals surface area contributed by atoms with E-state index < -0.39 is 0 Å². The largest absolute Gasteiger partial charge is 0.319 e. The van der Waals surface area contributed by atoms with Crippen molar-refractivity contribution in [3.8, 4) is 11.4 Å². The van der Waals surface area contributed by atoms with E-state index >= 15 is 0 Å². The van der Waals surface area contributed by atoms with Crippen LogP contribution in [0.25, 0.3) is 22.4 Å². The smallest absolute Gasteiger partial charge is 0.142 e. The Morgan fingerprint density at radius 2 is 1.54 bits per heavy atom. The van der Waals surface area contributed by atoms with Crippen LogP contribution in [-0.2, 0) is 6.54 Å². The molecule has 0 radical (unpaired) electrons. The van der Waals surface area contributed by atoms with Gasteiger partial charge in [0.2, 0.25) is 0 Å². The third kappa shape index (κ3) is 2.91. The Labute approximate surface area is 159 Å². The molecule has 0 aliphatic heterocycles. The van der Waals surface area contributed by atoms with Crippen molar-refractivity contribution >= 4 is 22.6 Å². The van der Waals surface area contributed by atoms with Crippen LogP contribution in [0, 0.1) is 20.8 Å². The van der Waals surface area contributed by atoms with Gasteiger partial charge in [0.25, 0.3) is 0 Å². The van der Waals surface area contributed by atoms with Gasteiger partial charge < -0.3 is 4.57 Å². The van der Waals surface area contributed by atoms with Crippen LogP contribution in [0.3, 0.4) is 0 Å². The van der Waals surface area contributed by atoms with Gasteiger partial charge in [-0.1, -0.05) is 53.6 Å². The number of halogens is 1. The summed E-state index contributed by atoms with van der Waals surface area (Å²) in [6.45, 7) is 7.29. The Balaban J connectivity index is 1.95. The summed E-state index contributed by atoms with van der Waals surface area (Å²) in [6.07, 6.45) is 0. The first-order valence-electron chi connectivity index (χ1n) is 8.81. The van der Waals surface area contributed by atoms with Crippen LogP contribution in [0.5, 0.6) is 0 Å². The molecule has 0 aliphatic rings. The molecule has 2 nitrogen and oxygen atoms in total. The highest BCUT2D eigenvalue weighted by Crippen LogP contribution is 2.31. The van der Waals surface area contributed by atoms with E-state index in [-0.39, 0.29) is 0 Å². The summed E-state index contributed by atoms with van der Waals surface area (Å²) in [5, 5.41) is 0.724. The summed E-state index contributed by atoms with van der Waals surface area (Å²) < 4.78 is 2.28. The number of imidazole rings is 1. The van der Waals surface area contributed by atoms with E-state index in [1.807, 2.05) is 30.3 Å². The van der Waals surface area contributed by atoms with Crippen LogP contribution in [0.4, 0.5) is 0 Å². The first-order valence-corrected chi connectivity index (χ1v) is 9.19. The molecule has 4 rings (SSSR count). The van der Waals surface area contributed by atoms with E-state index in [9.17, 15) is 0 Å². The van der Waals surface area contributed by atoms with Gasteiger partial charge in [-0.05, 0) is 61.7 Å². The zero-order valence-corrected chi connectivity index (χ0v) is 16.0. The maximum Gasteiger partial charge on any atom is 0.142 e. The molecule has 0 unspecified atom stereocenters. The first-order chi connectivity index (χ1) is 12.5. The fourth-order valence-electron chi connectivity index (χ4n) is 3.70. The summed E-state index contributed by atoms with van der Waals surface area (Å²) in [6, 6.07) is 20.7. The summed E-state index contributed by atoms with van der Waals surface area (Å²) in [5.74, 6) is 0.913. The first kappa shape index (κ1) is 16.9. The molecule has 4 aromatic rings. The molecule has 0 fully saturated rings. The molecule has 3 heteroatoms. The lowest BCUT2D eigenvalue weighted by atomic mass is 9.99. The highest BCUT2D eigenvalue weighted by atomic mass is 35.5. The van der Waals surface area contributed by atoms with Crippen LogP contribution in [0.2, 0.25) is 5.02 Å². The summed E-state index contributed by atoms with van der Waals surface area (Å²) in [4.78, 5) is 4.90. The number of para-hydroxylation sites is 2. The number of hydrogen-bond donors (Lipinski definition) is 0. The van der Waals surface area contributed by atoms with Crippen molar-refractivity contribution in [3.63, 3.8) is 0 Å². The van der Waals surface area contributed by atoms with E-state index in [2.05, 4.69) is 55.7 Å². The molecular weight excluding hydrogens is 340 g/mol. The highest BCUT2D eigenvalue weighted by Gasteiger charge is 2.16. The fourth-order valence-corrected chi connectivity index (χ4v) is 3.92. The van der Waals surface area contributed by atoms with E-state index in [0.29, 0.717) is 0 Å². The van der Waals surface area contributed by atoms with Gasteiger partial charge >= 0.3 is 0 Å². The Kier molecular flexibility index (Phi) is 4.29.